The van der Waals surface area contributed by atoms with Crippen LogP contribution in [0.25, 0.3) is 0 Å². The van der Waals surface area contributed by atoms with E-state index in [0.29, 0.717) is 33.2 Å². The molecule has 0 saturated carbocycles. The van der Waals surface area contributed by atoms with Crippen molar-refractivity contribution in [3.05, 3.63) is 63.9 Å². The number of carbonyl (C=O) groups excluding carboxylic acids is 1. The molecule has 0 aliphatic heterocycles. The summed E-state index contributed by atoms with van der Waals surface area (Å²) < 4.78 is 5.57. The van der Waals surface area contributed by atoms with Crippen LogP contribution < -0.4 is 10.1 Å². The molecule has 0 radical (unpaired) electrons. The molecule has 2 aromatic heterocycles. The second kappa shape index (κ2) is 7.95. The van der Waals surface area contributed by atoms with Crippen molar-refractivity contribution in [3.63, 3.8) is 0 Å². The van der Waals surface area contributed by atoms with Gasteiger partial charge in [0, 0.05) is 11.2 Å². The number of pyridine rings is 1. The SMILES string of the molecule is C#Cc1cc(C)c(C(=O)Nc2nnc(OCc3ccc(Cl)cc3)s2)cn1. The third kappa shape index (κ3) is 4.36. The van der Waals surface area contributed by atoms with E-state index >= 15 is 0 Å². The number of terminal acetylenes is 1. The Hall–Kier alpha value is -2.95. The summed E-state index contributed by atoms with van der Waals surface area (Å²) in [4.78, 5) is 16.4. The van der Waals surface area contributed by atoms with Gasteiger partial charge in [0.05, 0.1) is 5.56 Å². The summed E-state index contributed by atoms with van der Waals surface area (Å²) in [5.74, 6) is 2.10. The van der Waals surface area contributed by atoms with Crippen LogP contribution in [0.1, 0.15) is 27.2 Å². The molecule has 0 atom stereocenters. The van der Waals surface area contributed by atoms with Crippen LogP contribution in [0, 0.1) is 19.3 Å². The first-order valence-corrected chi connectivity index (χ1v) is 8.70. The first-order valence-electron chi connectivity index (χ1n) is 7.50. The number of ether oxygens (including phenoxy) is 1. The molecule has 3 rings (SSSR count). The monoisotopic (exact) mass is 384 g/mol. The molecule has 6 nitrogen and oxygen atoms in total. The van der Waals surface area contributed by atoms with Crippen molar-refractivity contribution >= 4 is 34.0 Å². The summed E-state index contributed by atoms with van der Waals surface area (Å²) in [7, 11) is 0. The van der Waals surface area contributed by atoms with Crippen molar-refractivity contribution < 1.29 is 9.53 Å². The van der Waals surface area contributed by atoms with Gasteiger partial charge in [0.1, 0.15) is 12.3 Å². The van der Waals surface area contributed by atoms with Gasteiger partial charge in [0.25, 0.3) is 11.1 Å². The Kier molecular flexibility index (Phi) is 5.46. The third-order valence-corrected chi connectivity index (χ3v) is 4.41. The summed E-state index contributed by atoms with van der Waals surface area (Å²) >= 11 is 6.98. The molecule has 26 heavy (non-hydrogen) atoms. The molecule has 0 fully saturated rings. The Morgan fingerprint density at radius 3 is 2.81 bits per heavy atom. The number of aromatic nitrogens is 3. The van der Waals surface area contributed by atoms with E-state index in [0.717, 1.165) is 22.5 Å². The lowest BCUT2D eigenvalue weighted by Crippen LogP contribution is -2.14. The van der Waals surface area contributed by atoms with E-state index < -0.39 is 0 Å². The number of halogens is 1. The topological polar surface area (TPSA) is 77.0 Å². The van der Waals surface area contributed by atoms with E-state index in [9.17, 15) is 4.79 Å². The average molecular weight is 385 g/mol. The van der Waals surface area contributed by atoms with Crippen LogP contribution in [0.15, 0.2) is 36.5 Å². The van der Waals surface area contributed by atoms with Gasteiger partial charge in [0.15, 0.2) is 0 Å². The maximum absolute atomic E-state index is 12.3. The zero-order valence-electron chi connectivity index (χ0n) is 13.7. The normalized spacial score (nSPS) is 10.2. The summed E-state index contributed by atoms with van der Waals surface area (Å²) in [5, 5.41) is 11.8. The number of amides is 1. The van der Waals surface area contributed by atoms with Gasteiger partial charge in [-0.05, 0) is 47.6 Å². The van der Waals surface area contributed by atoms with E-state index in [1.165, 1.54) is 6.20 Å². The number of benzene rings is 1. The Balaban J connectivity index is 1.62. The molecular weight excluding hydrogens is 372 g/mol. The van der Waals surface area contributed by atoms with Crippen LogP contribution in [0.3, 0.4) is 0 Å². The molecule has 0 unspecified atom stereocenters. The fraction of sp³-hybridized carbons (Fsp3) is 0.111. The Morgan fingerprint density at radius 2 is 2.12 bits per heavy atom. The first-order chi connectivity index (χ1) is 12.5. The van der Waals surface area contributed by atoms with E-state index in [1.54, 1.807) is 25.1 Å². The Bertz CT molecular complexity index is 980. The first kappa shape index (κ1) is 17.9. The number of hydrogen-bond donors (Lipinski definition) is 1. The fourth-order valence-electron chi connectivity index (χ4n) is 2.08. The van der Waals surface area contributed by atoms with Gasteiger partial charge in [0.2, 0.25) is 5.13 Å². The minimum atomic E-state index is -0.334. The van der Waals surface area contributed by atoms with Crippen molar-refractivity contribution in [2.24, 2.45) is 0 Å². The molecule has 0 aliphatic rings. The van der Waals surface area contributed by atoms with Crippen LogP contribution in [0.2, 0.25) is 5.02 Å². The molecule has 3 aromatic rings. The van der Waals surface area contributed by atoms with Crippen molar-refractivity contribution in [3.8, 4) is 17.5 Å². The summed E-state index contributed by atoms with van der Waals surface area (Å²) in [6, 6.07) is 8.97. The molecule has 0 bridgehead atoms. The molecule has 2 heterocycles. The second-order valence-electron chi connectivity index (χ2n) is 5.27. The van der Waals surface area contributed by atoms with Gasteiger partial charge >= 0.3 is 0 Å². The second-order valence-corrected chi connectivity index (χ2v) is 6.65. The highest BCUT2D eigenvalue weighted by Crippen LogP contribution is 2.24. The van der Waals surface area contributed by atoms with Gasteiger partial charge in [-0.15, -0.1) is 11.5 Å². The summed E-state index contributed by atoms with van der Waals surface area (Å²) in [6.07, 6.45) is 6.74. The van der Waals surface area contributed by atoms with Crippen LogP contribution in [0.4, 0.5) is 5.13 Å². The van der Waals surface area contributed by atoms with Crippen LogP contribution in [-0.4, -0.2) is 21.1 Å². The average Bonchev–Trinajstić information content (AvgIpc) is 3.08. The number of aryl methyl sites for hydroxylation is 1. The predicted octanol–water partition coefficient (Wildman–Crippen LogP) is 3.71. The molecule has 1 N–H and O–H groups in total. The lowest BCUT2D eigenvalue weighted by Gasteiger charge is -2.04. The van der Waals surface area contributed by atoms with Crippen molar-refractivity contribution in [1.82, 2.24) is 15.2 Å². The van der Waals surface area contributed by atoms with Gasteiger partial charge in [-0.3, -0.25) is 10.1 Å². The van der Waals surface area contributed by atoms with Crippen LogP contribution >= 0.6 is 22.9 Å². The quantitative estimate of drug-likeness (QED) is 0.678. The lowest BCUT2D eigenvalue weighted by atomic mass is 10.1. The molecule has 130 valence electrons. The largest absolute Gasteiger partial charge is 0.464 e. The number of nitrogens with one attached hydrogen (secondary N) is 1. The molecule has 0 aliphatic carbocycles. The summed E-state index contributed by atoms with van der Waals surface area (Å²) in [6.45, 7) is 2.12. The maximum atomic E-state index is 12.3. The number of hydrogen-bond acceptors (Lipinski definition) is 6. The third-order valence-electron chi connectivity index (χ3n) is 3.41. The number of rotatable bonds is 5. The molecule has 0 spiro atoms. The van der Waals surface area contributed by atoms with Crippen LogP contribution in [0.5, 0.6) is 5.19 Å². The summed E-state index contributed by atoms with van der Waals surface area (Å²) in [5.41, 5.74) is 2.58. The number of nitrogens with zero attached hydrogens (tertiary/aromatic N) is 3. The standard InChI is InChI=1S/C18H13ClN4O2S/c1-3-14-8-11(2)15(9-20-14)16(24)21-17-22-23-18(26-17)25-10-12-4-6-13(19)7-5-12/h1,4-9H,10H2,2H3,(H,21,22,24). The van der Waals surface area contributed by atoms with Crippen molar-refractivity contribution in [2.75, 3.05) is 5.32 Å². The minimum Gasteiger partial charge on any atom is -0.464 e. The van der Waals surface area contributed by atoms with Gasteiger partial charge in [-0.1, -0.05) is 34.8 Å². The zero-order chi connectivity index (χ0) is 18.5. The van der Waals surface area contributed by atoms with E-state index in [1.807, 2.05) is 12.1 Å². The van der Waals surface area contributed by atoms with E-state index in [4.69, 9.17) is 22.8 Å². The van der Waals surface area contributed by atoms with Crippen molar-refractivity contribution in [2.45, 2.75) is 13.5 Å². The Morgan fingerprint density at radius 1 is 1.35 bits per heavy atom. The Labute approximate surface area is 159 Å². The number of anilines is 1. The molecule has 8 heteroatoms. The van der Waals surface area contributed by atoms with Crippen LogP contribution in [-0.2, 0) is 6.61 Å². The predicted molar refractivity (Wildman–Crippen MR) is 101 cm³/mol. The minimum absolute atomic E-state index is 0.330. The molecular formula is C18H13ClN4O2S. The van der Waals surface area contributed by atoms with Gasteiger partial charge in [-0.25, -0.2) is 4.98 Å². The van der Waals surface area contributed by atoms with E-state index in [2.05, 4.69) is 26.4 Å². The van der Waals surface area contributed by atoms with Crippen molar-refractivity contribution in [1.29, 1.82) is 0 Å². The maximum Gasteiger partial charge on any atom is 0.296 e. The lowest BCUT2D eigenvalue weighted by molar-refractivity contribution is 0.102. The van der Waals surface area contributed by atoms with E-state index in [-0.39, 0.29) is 5.91 Å². The van der Waals surface area contributed by atoms with Gasteiger partial charge < -0.3 is 4.74 Å². The van der Waals surface area contributed by atoms with Gasteiger partial charge in [-0.2, -0.15) is 0 Å². The highest BCUT2D eigenvalue weighted by atomic mass is 35.5. The smallest absolute Gasteiger partial charge is 0.296 e. The highest BCUT2D eigenvalue weighted by Gasteiger charge is 2.14. The molecule has 1 amide bonds. The molecule has 0 saturated heterocycles. The number of carbonyl (C=O) groups is 1. The highest BCUT2D eigenvalue weighted by molar-refractivity contribution is 7.17. The fourth-order valence-corrected chi connectivity index (χ4v) is 2.80. The zero-order valence-corrected chi connectivity index (χ0v) is 15.3. The molecule has 1 aromatic carbocycles.